The van der Waals surface area contributed by atoms with Gasteiger partial charge in [0, 0.05) is 17.5 Å². The zero-order valence-corrected chi connectivity index (χ0v) is 10.4. The highest BCUT2D eigenvalue weighted by Gasteiger charge is 2.24. The Morgan fingerprint density at radius 3 is 2.79 bits per heavy atom. The van der Waals surface area contributed by atoms with Crippen LogP contribution < -0.4 is 0 Å². The number of furan rings is 1. The van der Waals surface area contributed by atoms with E-state index in [0.29, 0.717) is 17.5 Å². The number of nitrogens with zero attached hydrogens (tertiary/aromatic N) is 1. The van der Waals surface area contributed by atoms with Crippen molar-refractivity contribution in [3.05, 3.63) is 35.3 Å². The molecule has 1 N–H and O–H groups in total. The maximum absolute atomic E-state index is 13.7. The van der Waals surface area contributed by atoms with Crippen LogP contribution in [-0.2, 0) is 6.54 Å². The molecule has 0 radical (unpaired) electrons. The normalized spacial score (nSPS) is 16.3. The third-order valence-corrected chi connectivity index (χ3v) is 3.54. The molecule has 0 bridgehead atoms. The van der Waals surface area contributed by atoms with E-state index in [2.05, 4.69) is 4.90 Å². The number of rotatable bonds is 3. The van der Waals surface area contributed by atoms with E-state index in [9.17, 15) is 14.3 Å². The summed E-state index contributed by atoms with van der Waals surface area (Å²) in [4.78, 5) is 13.4. The van der Waals surface area contributed by atoms with Crippen molar-refractivity contribution in [1.29, 1.82) is 0 Å². The van der Waals surface area contributed by atoms with Gasteiger partial charge in [0.2, 0.25) is 5.76 Å². The third-order valence-electron chi connectivity index (χ3n) is 3.54. The first-order chi connectivity index (χ1) is 9.16. The first kappa shape index (κ1) is 12.2. The molecule has 2 aromatic rings. The maximum Gasteiger partial charge on any atom is 0.372 e. The highest BCUT2D eigenvalue weighted by Crippen LogP contribution is 2.29. The summed E-state index contributed by atoms with van der Waals surface area (Å²) in [7, 11) is 0. The highest BCUT2D eigenvalue weighted by atomic mass is 19.1. The van der Waals surface area contributed by atoms with Gasteiger partial charge in [-0.3, -0.25) is 4.90 Å². The molecular weight excluding hydrogens is 249 g/mol. The molecule has 1 aliphatic heterocycles. The van der Waals surface area contributed by atoms with Crippen molar-refractivity contribution in [1.82, 2.24) is 4.90 Å². The predicted molar refractivity (Wildman–Crippen MR) is 67.6 cm³/mol. The van der Waals surface area contributed by atoms with E-state index in [4.69, 9.17) is 4.42 Å². The predicted octanol–water partition coefficient (Wildman–Crippen LogP) is 2.87. The molecule has 100 valence electrons. The van der Waals surface area contributed by atoms with E-state index >= 15 is 0 Å². The van der Waals surface area contributed by atoms with Crippen LogP contribution in [0, 0.1) is 5.82 Å². The molecule has 5 heteroatoms. The van der Waals surface area contributed by atoms with Gasteiger partial charge in [0.15, 0.2) is 11.4 Å². The van der Waals surface area contributed by atoms with E-state index in [1.165, 1.54) is 6.07 Å². The van der Waals surface area contributed by atoms with Gasteiger partial charge in [0.05, 0.1) is 0 Å². The van der Waals surface area contributed by atoms with Crippen LogP contribution in [0.15, 0.2) is 22.6 Å². The number of fused-ring (bicyclic) bond motifs is 1. The lowest BCUT2D eigenvalue weighted by Crippen LogP contribution is -2.19. The minimum Gasteiger partial charge on any atom is -0.475 e. The Balaban J connectivity index is 2.10. The highest BCUT2D eigenvalue weighted by molar-refractivity contribution is 5.95. The smallest absolute Gasteiger partial charge is 0.372 e. The molecule has 0 unspecified atom stereocenters. The summed E-state index contributed by atoms with van der Waals surface area (Å²) in [6.07, 6.45) is 2.24. The van der Waals surface area contributed by atoms with E-state index in [-0.39, 0.29) is 11.3 Å². The van der Waals surface area contributed by atoms with Gasteiger partial charge in [-0.25, -0.2) is 9.18 Å². The molecule has 3 rings (SSSR count). The summed E-state index contributed by atoms with van der Waals surface area (Å²) in [6, 6.07) is 4.56. The molecule has 0 atom stereocenters. The Kier molecular flexibility index (Phi) is 2.98. The minimum absolute atomic E-state index is 0.0362. The molecule has 1 saturated heterocycles. The van der Waals surface area contributed by atoms with E-state index in [0.717, 1.165) is 25.9 Å². The number of hydrogen-bond donors (Lipinski definition) is 1. The van der Waals surface area contributed by atoms with Gasteiger partial charge in [0.25, 0.3) is 0 Å². The molecule has 2 heterocycles. The Bertz CT molecular complexity index is 629. The summed E-state index contributed by atoms with van der Waals surface area (Å²) >= 11 is 0. The number of halogens is 1. The second kappa shape index (κ2) is 4.66. The fourth-order valence-electron chi connectivity index (χ4n) is 2.63. The van der Waals surface area contributed by atoms with Crippen LogP contribution in [0.5, 0.6) is 0 Å². The summed E-state index contributed by atoms with van der Waals surface area (Å²) in [5, 5.41) is 9.76. The van der Waals surface area contributed by atoms with Crippen LogP contribution in [0.25, 0.3) is 11.0 Å². The number of likely N-dealkylation sites (tertiary alicyclic amines) is 1. The number of carboxylic acid groups (broad SMARTS) is 1. The monoisotopic (exact) mass is 263 g/mol. The van der Waals surface area contributed by atoms with E-state index in [1.54, 1.807) is 12.1 Å². The molecule has 0 aliphatic carbocycles. The van der Waals surface area contributed by atoms with Crippen LogP contribution in [0.1, 0.15) is 29.0 Å². The quantitative estimate of drug-likeness (QED) is 0.925. The van der Waals surface area contributed by atoms with Crippen LogP contribution in [0.2, 0.25) is 0 Å². The van der Waals surface area contributed by atoms with Crippen molar-refractivity contribution in [2.45, 2.75) is 19.4 Å². The summed E-state index contributed by atoms with van der Waals surface area (Å²) in [6.45, 7) is 2.39. The molecule has 1 aromatic carbocycles. The standard InChI is InChI=1S/C14H14FNO3/c15-11-5-3-4-9-10(8-16-6-1-2-7-16)13(14(17)18)19-12(9)11/h3-5H,1-2,6-8H2,(H,17,18). The molecule has 0 spiro atoms. The maximum atomic E-state index is 13.7. The molecule has 1 aromatic heterocycles. The molecule has 1 aliphatic rings. The van der Waals surface area contributed by atoms with Crippen LogP contribution in [0.3, 0.4) is 0 Å². The van der Waals surface area contributed by atoms with Gasteiger partial charge in [-0.2, -0.15) is 0 Å². The zero-order valence-electron chi connectivity index (χ0n) is 10.4. The Hall–Kier alpha value is -1.88. The molecular formula is C14H14FNO3. The van der Waals surface area contributed by atoms with Gasteiger partial charge < -0.3 is 9.52 Å². The van der Waals surface area contributed by atoms with Gasteiger partial charge >= 0.3 is 5.97 Å². The zero-order chi connectivity index (χ0) is 13.4. The van der Waals surface area contributed by atoms with E-state index in [1.807, 2.05) is 0 Å². The molecule has 1 fully saturated rings. The number of para-hydroxylation sites is 1. The topological polar surface area (TPSA) is 53.7 Å². The van der Waals surface area contributed by atoms with Crippen molar-refractivity contribution >= 4 is 16.9 Å². The lowest BCUT2D eigenvalue weighted by atomic mass is 10.1. The molecule has 19 heavy (non-hydrogen) atoms. The summed E-state index contributed by atoms with van der Waals surface area (Å²) in [5.41, 5.74) is 0.609. The number of carboxylic acids is 1. The van der Waals surface area contributed by atoms with Gasteiger partial charge in [-0.15, -0.1) is 0 Å². The second-order valence-corrected chi connectivity index (χ2v) is 4.81. The van der Waals surface area contributed by atoms with Crippen molar-refractivity contribution in [2.24, 2.45) is 0 Å². The number of benzene rings is 1. The summed E-state index contributed by atoms with van der Waals surface area (Å²) < 4.78 is 18.9. The van der Waals surface area contributed by atoms with Crippen molar-refractivity contribution in [2.75, 3.05) is 13.1 Å². The first-order valence-corrected chi connectivity index (χ1v) is 6.32. The Labute approximate surface area is 109 Å². The molecule has 0 amide bonds. The lowest BCUT2D eigenvalue weighted by molar-refractivity contribution is 0.0661. The van der Waals surface area contributed by atoms with E-state index < -0.39 is 11.8 Å². The SMILES string of the molecule is O=C(O)c1oc2c(F)cccc2c1CN1CCCC1. The summed E-state index contributed by atoms with van der Waals surface area (Å²) in [5.74, 6) is -1.82. The van der Waals surface area contributed by atoms with Crippen molar-refractivity contribution < 1.29 is 18.7 Å². The number of aromatic carboxylic acids is 1. The van der Waals surface area contributed by atoms with Gasteiger partial charge in [-0.1, -0.05) is 12.1 Å². The Morgan fingerprint density at radius 1 is 1.37 bits per heavy atom. The van der Waals surface area contributed by atoms with Crippen LogP contribution in [-0.4, -0.2) is 29.1 Å². The van der Waals surface area contributed by atoms with Crippen LogP contribution >= 0.6 is 0 Å². The lowest BCUT2D eigenvalue weighted by Gasteiger charge is -2.13. The van der Waals surface area contributed by atoms with Gasteiger partial charge in [0.1, 0.15) is 0 Å². The molecule has 4 nitrogen and oxygen atoms in total. The molecule has 0 saturated carbocycles. The number of carbonyl (C=O) groups is 1. The van der Waals surface area contributed by atoms with Crippen molar-refractivity contribution in [3.8, 4) is 0 Å². The van der Waals surface area contributed by atoms with Crippen LogP contribution in [0.4, 0.5) is 4.39 Å². The fraction of sp³-hybridized carbons (Fsp3) is 0.357. The fourth-order valence-corrected chi connectivity index (χ4v) is 2.63. The number of hydrogen-bond acceptors (Lipinski definition) is 3. The Morgan fingerprint density at radius 2 is 2.11 bits per heavy atom. The van der Waals surface area contributed by atoms with Gasteiger partial charge in [-0.05, 0) is 32.0 Å². The average molecular weight is 263 g/mol. The third kappa shape index (κ3) is 2.10. The largest absolute Gasteiger partial charge is 0.475 e. The minimum atomic E-state index is -1.15. The average Bonchev–Trinajstić information content (AvgIpc) is 2.99. The second-order valence-electron chi connectivity index (χ2n) is 4.81. The first-order valence-electron chi connectivity index (χ1n) is 6.32. The van der Waals surface area contributed by atoms with Crippen molar-refractivity contribution in [3.63, 3.8) is 0 Å².